The van der Waals surface area contributed by atoms with Crippen molar-refractivity contribution in [1.82, 2.24) is 0 Å². The summed E-state index contributed by atoms with van der Waals surface area (Å²) >= 11 is 0. The van der Waals surface area contributed by atoms with Gasteiger partial charge in [0.05, 0.1) is 0 Å². The Balaban J connectivity index is 2.01. The number of rotatable bonds is 5. The van der Waals surface area contributed by atoms with Crippen molar-refractivity contribution >= 4 is 13.8 Å². The maximum absolute atomic E-state index is 12.5. The third-order valence-corrected chi connectivity index (χ3v) is 5.53. The van der Waals surface area contributed by atoms with E-state index in [2.05, 4.69) is 0 Å². The first-order valence-corrected chi connectivity index (χ1v) is 8.20. The van der Waals surface area contributed by atoms with Gasteiger partial charge in [-0.3, -0.25) is 4.79 Å². The molecular weight excluding hydrogens is 283 g/mol. The minimum absolute atomic E-state index is 0.148. The first kappa shape index (κ1) is 15.8. The Hall–Kier alpha value is -1.57. The van der Waals surface area contributed by atoms with Crippen LogP contribution in [0.4, 0.5) is 0 Å². The van der Waals surface area contributed by atoms with Gasteiger partial charge in [-0.15, -0.1) is 4.52 Å². The summed E-state index contributed by atoms with van der Waals surface area (Å²) in [6, 6.07) is 8.92. The molecule has 0 heterocycles. The van der Waals surface area contributed by atoms with Gasteiger partial charge < -0.3 is 0 Å². The van der Waals surface area contributed by atoms with Crippen LogP contribution in [0.5, 0.6) is 0 Å². The Labute approximate surface area is 126 Å². The third-order valence-electron chi connectivity index (χ3n) is 3.65. The smallest absolute Gasteiger partial charge is 0.291 e. The van der Waals surface area contributed by atoms with Crippen LogP contribution in [0.3, 0.4) is 0 Å². The number of allylic oxidation sites excluding steroid dienone is 4. The summed E-state index contributed by atoms with van der Waals surface area (Å²) < 4.78 is 17.8. The van der Waals surface area contributed by atoms with Crippen LogP contribution >= 0.6 is 8.03 Å². The van der Waals surface area contributed by atoms with Gasteiger partial charge in [0.25, 0.3) is 0 Å². The van der Waals surface area contributed by atoms with Crippen LogP contribution in [0.2, 0.25) is 0 Å². The molecule has 0 aliphatic heterocycles. The molecule has 110 valence electrons. The molecule has 0 saturated heterocycles. The van der Waals surface area contributed by atoms with Gasteiger partial charge in [0.2, 0.25) is 5.66 Å². The van der Waals surface area contributed by atoms with Gasteiger partial charge in [0.1, 0.15) is 0 Å². The molecule has 2 rings (SSSR count). The Morgan fingerprint density at radius 3 is 2.57 bits per heavy atom. The summed E-state index contributed by atoms with van der Waals surface area (Å²) in [7, 11) is -1.94. The summed E-state index contributed by atoms with van der Waals surface area (Å²) in [4.78, 5) is 12.0. The van der Waals surface area contributed by atoms with Gasteiger partial charge >= 0.3 is 8.03 Å². The number of Topliss-reactive ketones (excluding diaryl/α,β-unsaturated/α-hetero) is 1. The number of hydrogen-bond donors (Lipinski definition) is 0. The largest absolute Gasteiger partial charge is 0.517 e. The molecule has 0 spiro atoms. The normalized spacial score (nSPS) is 20.8. The van der Waals surface area contributed by atoms with Crippen molar-refractivity contribution in [2.45, 2.75) is 26.4 Å². The van der Waals surface area contributed by atoms with E-state index in [1.807, 2.05) is 45.1 Å². The highest BCUT2D eigenvalue weighted by Gasteiger charge is 2.46. The quantitative estimate of drug-likeness (QED) is 0.592. The summed E-state index contributed by atoms with van der Waals surface area (Å²) in [5.41, 5.74) is 1.18. The predicted molar refractivity (Wildman–Crippen MR) is 84.8 cm³/mol. The van der Waals surface area contributed by atoms with Crippen LogP contribution < -0.4 is 0 Å². The molecule has 1 aliphatic rings. The van der Waals surface area contributed by atoms with E-state index in [0.29, 0.717) is 5.56 Å². The van der Waals surface area contributed by atoms with Gasteiger partial charge in [0, 0.05) is 11.0 Å². The molecule has 0 N–H and O–H groups in total. The van der Waals surface area contributed by atoms with E-state index < -0.39 is 8.03 Å². The molecule has 0 fully saturated rings. The van der Waals surface area contributed by atoms with Crippen molar-refractivity contribution in [2.24, 2.45) is 5.41 Å². The van der Waals surface area contributed by atoms with Gasteiger partial charge in [-0.1, -0.05) is 62.4 Å². The molecule has 2 unspecified atom stereocenters. The first-order valence-electron chi connectivity index (χ1n) is 6.95. The molecule has 1 aromatic carbocycles. The molecule has 4 heteroatoms. The van der Waals surface area contributed by atoms with Crippen LogP contribution in [0, 0.1) is 5.41 Å². The summed E-state index contributed by atoms with van der Waals surface area (Å²) in [5, 5.41) is 0. The number of carbonyl (C=O) groups excluding carboxylic acids is 1. The van der Waals surface area contributed by atoms with Gasteiger partial charge in [0.15, 0.2) is 12.4 Å². The Morgan fingerprint density at radius 2 is 1.95 bits per heavy atom. The van der Waals surface area contributed by atoms with Crippen molar-refractivity contribution in [3.05, 3.63) is 59.7 Å². The second-order valence-corrected chi connectivity index (χ2v) is 7.19. The number of ketones is 1. The highest BCUT2D eigenvalue weighted by molar-refractivity contribution is 7.40. The van der Waals surface area contributed by atoms with Gasteiger partial charge in [-0.05, 0) is 17.1 Å². The van der Waals surface area contributed by atoms with E-state index in [0.717, 1.165) is 5.57 Å². The van der Waals surface area contributed by atoms with E-state index in [1.54, 1.807) is 24.3 Å². The fraction of sp³-hybridized carbons (Fsp3) is 0.353. The lowest BCUT2D eigenvalue weighted by molar-refractivity contribution is 0.0924. The number of carbonyl (C=O) groups is 1. The van der Waals surface area contributed by atoms with Crippen LogP contribution in [-0.2, 0) is 9.09 Å². The van der Waals surface area contributed by atoms with Crippen LogP contribution in [0.1, 0.15) is 31.1 Å². The van der Waals surface area contributed by atoms with Crippen molar-refractivity contribution in [3.63, 3.8) is 0 Å². The summed E-state index contributed by atoms with van der Waals surface area (Å²) in [5.74, 6) is -0.148. The Morgan fingerprint density at radius 1 is 1.29 bits per heavy atom. The van der Waals surface area contributed by atoms with E-state index in [1.165, 1.54) is 0 Å². The second kappa shape index (κ2) is 6.46. The first-order chi connectivity index (χ1) is 9.92. The lowest BCUT2D eigenvalue weighted by atomic mass is 9.82. The number of benzene rings is 1. The molecule has 0 saturated carbocycles. The second-order valence-electron chi connectivity index (χ2n) is 5.84. The van der Waals surface area contributed by atoms with Crippen LogP contribution in [-0.4, -0.2) is 18.0 Å². The monoisotopic (exact) mass is 303 g/mol. The van der Waals surface area contributed by atoms with Gasteiger partial charge in [-0.2, -0.15) is 0 Å². The summed E-state index contributed by atoms with van der Waals surface area (Å²) in [6.07, 6.45) is 5.95. The lowest BCUT2D eigenvalue weighted by Crippen LogP contribution is -2.28. The fourth-order valence-corrected chi connectivity index (χ4v) is 4.00. The maximum atomic E-state index is 12.5. The molecule has 3 nitrogen and oxygen atoms in total. The van der Waals surface area contributed by atoms with Crippen molar-refractivity contribution in [2.75, 3.05) is 6.61 Å². The molecule has 1 aromatic rings. The fourth-order valence-electron chi connectivity index (χ4n) is 2.56. The molecule has 0 radical (unpaired) electrons. The topological polar surface area (TPSA) is 43.4 Å². The molecule has 0 amide bonds. The van der Waals surface area contributed by atoms with Crippen molar-refractivity contribution in [1.29, 1.82) is 0 Å². The molecule has 1 aliphatic carbocycles. The van der Waals surface area contributed by atoms with Gasteiger partial charge in [-0.25, -0.2) is 0 Å². The predicted octanol–water partition coefficient (Wildman–Crippen LogP) is 4.54. The average molecular weight is 303 g/mol. The molecule has 0 bridgehead atoms. The minimum Gasteiger partial charge on any atom is -0.291 e. The van der Waals surface area contributed by atoms with E-state index in [-0.39, 0.29) is 23.5 Å². The molecule has 21 heavy (non-hydrogen) atoms. The van der Waals surface area contributed by atoms with Crippen molar-refractivity contribution < 1.29 is 13.9 Å². The molecular formula is C17H20O3P+. The zero-order valence-electron chi connectivity index (χ0n) is 12.6. The minimum atomic E-state index is -1.94. The SMILES string of the molecule is CC1=CC=CC(C)(C)C1[P+](=O)OCC(=O)c1ccccc1. The molecule has 2 atom stereocenters. The van der Waals surface area contributed by atoms with E-state index >= 15 is 0 Å². The Bertz CT molecular complexity index is 600. The standard InChI is InChI=1S/C17H20O3P/c1-13-8-7-11-17(2,3)16(13)21(19)20-12-15(18)14-9-5-4-6-10-14/h4-11,16H,12H2,1-3H3/q+1. The maximum Gasteiger partial charge on any atom is 0.517 e. The number of hydrogen-bond acceptors (Lipinski definition) is 3. The Kier molecular flexibility index (Phi) is 4.87. The third kappa shape index (κ3) is 3.75. The van der Waals surface area contributed by atoms with E-state index in [9.17, 15) is 9.36 Å². The summed E-state index contributed by atoms with van der Waals surface area (Å²) in [6.45, 7) is 5.86. The zero-order chi connectivity index (χ0) is 15.5. The highest BCUT2D eigenvalue weighted by Crippen LogP contribution is 2.47. The lowest BCUT2D eigenvalue weighted by Gasteiger charge is -2.26. The van der Waals surface area contributed by atoms with Crippen molar-refractivity contribution in [3.8, 4) is 0 Å². The average Bonchev–Trinajstić information content (AvgIpc) is 2.44. The van der Waals surface area contributed by atoms with Crippen LogP contribution in [0.25, 0.3) is 0 Å². The molecule has 0 aromatic heterocycles. The zero-order valence-corrected chi connectivity index (χ0v) is 13.5. The van der Waals surface area contributed by atoms with Crippen LogP contribution in [0.15, 0.2) is 54.1 Å². The highest BCUT2D eigenvalue weighted by atomic mass is 31.1. The van der Waals surface area contributed by atoms with E-state index in [4.69, 9.17) is 4.52 Å².